The maximum Gasteiger partial charge on any atom is 0.253 e. The third-order valence-electron chi connectivity index (χ3n) is 5.36. The van der Waals surface area contributed by atoms with Gasteiger partial charge >= 0.3 is 0 Å². The summed E-state index contributed by atoms with van der Waals surface area (Å²) in [6, 6.07) is 13.9. The van der Waals surface area contributed by atoms with Crippen molar-refractivity contribution in [1.82, 2.24) is 10.5 Å². The Morgan fingerprint density at radius 1 is 1.14 bits per heavy atom. The van der Waals surface area contributed by atoms with E-state index in [0.29, 0.717) is 18.7 Å². The number of benzene rings is 2. The molecule has 152 valence electrons. The molecule has 0 bridgehead atoms. The zero-order valence-electron chi connectivity index (χ0n) is 16.6. The number of carbonyl (C=O) groups excluding carboxylic acids is 1. The number of amides is 1. The molecule has 1 amide bonds. The van der Waals surface area contributed by atoms with E-state index in [1.165, 1.54) is 24.3 Å². The lowest BCUT2D eigenvalue weighted by molar-refractivity contribution is 0.0578. The summed E-state index contributed by atoms with van der Waals surface area (Å²) in [6.45, 7) is 1.28. The molecule has 2 aromatic carbocycles. The summed E-state index contributed by atoms with van der Waals surface area (Å²) in [6.07, 6.45) is 3.80. The number of anilines is 2. The van der Waals surface area contributed by atoms with Crippen molar-refractivity contribution in [3.05, 3.63) is 71.9 Å². The minimum absolute atomic E-state index is 0.0719. The SMILES string of the molecule is CN(C)c1ccc(N2C=C([C@H]3CCCN(C(=O)c4ccc(F)cc4)C3)ON2)cc1. The molecule has 1 saturated heterocycles. The summed E-state index contributed by atoms with van der Waals surface area (Å²) < 4.78 is 13.1. The molecule has 0 saturated carbocycles. The van der Waals surface area contributed by atoms with Crippen molar-refractivity contribution in [3.8, 4) is 0 Å². The fourth-order valence-corrected chi connectivity index (χ4v) is 3.68. The second-order valence-corrected chi connectivity index (χ2v) is 7.60. The summed E-state index contributed by atoms with van der Waals surface area (Å²) in [5.41, 5.74) is 5.54. The molecule has 6 nitrogen and oxygen atoms in total. The Morgan fingerprint density at radius 2 is 1.86 bits per heavy atom. The lowest BCUT2D eigenvalue weighted by Crippen LogP contribution is -2.40. The number of hydrogen-bond acceptors (Lipinski definition) is 5. The molecular formula is C22H25FN4O2. The van der Waals surface area contributed by atoms with E-state index in [9.17, 15) is 9.18 Å². The average molecular weight is 396 g/mol. The number of hydrazine groups is 1. The van der Waals surface area contributed by atoms with Gasteiger partial charge in [0, 0.05) is 44.4 Å². The predicted molar refractivity (Wildman–Crippen MR) is 111 cm³/mol. The van der Waals surface area contributed by atoms with Gasteiger partial charge in [-0.05, 0) is 61.4 Å². The van der Waals surface area contributed by atoms with E-state index in [-0.39, 0.29) is 17.6 Å². The molecular weight excluding hydrogens is 371 g/mol. The Kier molecular flexibility index (Phi) is 5.40. The molecule has 7 heteroatoms. The van der Waals surface area contributed by atoms with Gasteiger partial charge in [0.25, 0.3) is 5.91 Å². The van der Waals surface area contributed by atoms with Crippen LogP contribution in [0.4, 0.5) is 15.8 Å². The fraction of sp³-hybridized carbons (Fsp3) is 0.318. The van der Waals surface area contributed by atoms with Crippen LogP contribution in [0, 0.1) is 11.7 Å². The third-order valence-corrected chi connectivity index (χ3v) is 5.36. The van der Waals surface area contributed by atoms with Gasteiger partial charge in [0.15, 0.2) is 0 Å². The topological polar surface area (TPSA) is 48.0 Å². The molecule has 0 spiro atoms. The largest absolute Gasteiger partial charge is 0.391 e. The number of nitrogens with zero attached hydrogens (tertiary/aromatic N) is 3. The lowest BCUT2D eigenvalue weighted by Gasteiger charge is -2.32. The molecule has 2 aliphatic rings. The van der Waals surface area contributed by atoms with Crippen LogP contribution in [0.25, 0.3) is 0 Å². The van der Waals surface area contributed by atoms with Crippen LogP contribution in [0.3, 0.4) is 0 Å². The van der Waals surface area contributed by atoms with Gasteiger partial charge in [0.05, 0.1) is 11.9 Å². The van der Waals surface area contributed by atoms with Crippen LogP contribution >= 0.6 is 0 Å². The van der Waals surface area contributed by atoms with Crippen LogP contribution in [-0.4, -0.2) is 38.0 Å². The molecule has 2 aromatic rings. The number of carbonyl (C=O) groups is 1. The molecule has 0 aliphatic carbocycles. The van der Waals surface area contributed by atoms with E-state index in [1.54, 1.807) is 0 Å². The number of nitrogens with one attached hydrogen (secondary N) is 1. The monoisotopic (exact) mass is 396 g/mol. The number of rotatable bonds is 4. The predicted octanol–water partition coefficient (Wildman–Crippen LogP) is 3.54. The summed E-state index contributed by atoms with van der Waals surface area (Å²) in [7, 11) is 4.01. The summed E-state index contributed by atoms with van der Waals surface area (Å²) in [5, 5.41) is 1.84. The molecule has 0 radical (unpaired) electrons. The Hall–Kier alpha value is -3.06. The average Bonchev–Trinajstić information content (AvgIpc) is 3.24. The number of hydrogen-bond donors (Lipinski definition) is 1. The van der Waals surface area contributed by atoms with E-state index in [1.807, 2.05) is 59.4 Å². The minimum Gasteiger partial charge on any atom is -0.391 e. The first-order valence-electron chi connectivity index (χ1n) is 9.77. The zero-order valence-corrected chi connectivity index (χ0v) is 16.6. The highest BCUT2D eigenvalue weighted by molar-refractivity contribution is 5.94. The molecule has 0 unspecified atom stereocenters. The van der Waals surface area contributed by atoms with E-state index in [0.717, 1.165) is 30.0 Å². The highest BCUT2D eigenvalue weighted by Gasteiger charge is 2.30. The van der Waals surface area contributed by atoms with Crippen molar-refractivity contribution in [2.45, 2.75) is 12.8 Å². The molecule has 29 heavy (non-hydrogen) atoms. The summed E-state index contributed by atoms with van der Waals surface area (Å²) in [4.78, 5) is 22.4. The van der Waals surface area contributed by atoms with E-state index in [4.69, 9.17) is 4.84 Å². The van der Waals surface area contributed by atoms with Crippen LogP contribution in [0.15, 0.2) is 60.5 Å². The number of halogens is 1. The third kappa shape index (κ3) is 4.19. The van der Waals surface area contributed by atoms with Crippen LogP contribution in [0.2, 0.25) is 0 Å². The molecule has 1 fully saturated rings. The van der Waals surface area contributed by atoms with Gasteiger partial charge in [0.2, 0.25) is 0 Å². The second kappa shape index (κ2) is 8.13. The first-order valence-corrected chi connectivity index (χ1v) is 9.77. The van der Waals surface area contributed by atoms with E-state index >= 15 is 0 Å². The van der Waals surface area contributed by atoms with Gasteiger partial charge in [-0.3, -0.25) is 4.79 Å². The quantitative estimate of drug-likeness (QED) is 0.857. The normalized spacial score (nSPS) is 19.0. The van der Waals surface area contributed by atoms with Gasteiger partial charge in [-0.2, -0.15) is 0 Å². The van der Waals surface area contributed by atoms with E-state index < -0.39 is 0 Å². The van der Waals surface area contributed by atoms with Gasteiger partial charge in [-0.25, -0.2) is 9.40 Å². The van der Waals surface area contributed by atoms with Crippen molar-refractivity contribution in [2.24, 2.45) is 5.92 Å². The van der Waals surface area contributed by atoms with Crippen LogP contribution in [-0.2, 0) is 4.84 Å². The van der Waals surface area contributed by atoms with Crippen molar-refractivity contribution in [2.75, 3.05) is 37.1 Å². The molecule has 2 heterocycles. The second-order valence-electron chi connectivity index (χ2n) is 7.60. The Morgan fingerprint density at radius 3 is 2.55 bits per heavy atom. The van der Waals surface area contributed by atoms with E-state index in [2.05, 4.69) is 5.59 Å². The van der Waals surface area contributed by atoms with Crippen LogP contribution in [0.5, 0.6) is 0 Å². The van der Waals surface area contributed by atoms with Gasteiger partial charge in [-0.15, -0.1) is 0 Å². The van der Waals surface area contributed by atoms with Gasteiger partial charge in [-0.1, -0.05) is 5.59 Å². The Labute approximate surface area is 170 Å². The number of likely N-dealkylation sites (tertiary alicyclic amines) is 1. The number of piperidine rings is 1. The maximum atomic E-state index is 13.1. The Bertz CT molecular complexity index is 896. The van der Waals surface area contributed by atoms with Crippen molar-refractivity contribution >= 4 is 17.3 Å². The van der Waals surface area contributed by atoms with Crippen molar-refractivity contribution in [3.63, 3.8) is 0 Å². The Balaban J connectivity index is 1.43. The lowest BCUT2D eigenvalue weighted by atomic mass is 9.95. The highest BCUT2D eigenvalue weighted by atomic mass is 19.1. The molecule has 1 N–H and O–H groups in total. The van der Waals surface area contributed by atoms with Gasteiger partial charge in [0.1, 0.15) is 11.6 Å². The first-order chi connectivity index (χ1) is 14.0. The molecule has 1 atom stereocenters. The first kappa shape index (κ1) is 19.3. The maximum absolute atomic E-state index is 13.1. The zero-order chi connectivity index (χ0) is 20.4. The van der Waals surface area contributed by atoms with Crippen molar-refractivity contribution in [1.29, 1.82) is 0 Å². The molecule has 4 rings (SSSR count). The standard InChI is InChI=1S/C22H25FN4O2/c1-25(2)19-9-11-20(12-10-19)27-15-21(29-24-27)17-4-3-13-26(14-17)22(28)16-5-7-18(23)8-6-16/h5-12,15,17,24H,3-4,13-14H2,1-2H3/t17-/m0/s1. The smallest absolute Gasteiger partial charge is 0.253 e. The van der Waals surface area contributed by atoms with Gasteiger partial charge < -0.3 is 14.6 Å². The summed E-state index contributed by atoms with van der Waals surface area (Å²) >= 11 is 0. The minimum atomic E-state index is -0.340. The van der Waals surface area contributed by atoms with Crippen LogP contribution < -0.4 is 15.5 Å². The highest BCUT2D eigenvalue weighted by Crippen LogP contribution is 2.29. The summed E-state index contributed by atoms with van der Waals surface area (Å²) in [5.74, 6) is 0.523. The fourth-order valence-electron chi connectivity index (χ4n) is 3.68. The van der Waals surface area contributed by atoms with Crippen molar-refractivity contribution < 1.29 is 14.0 Å². The molecule has 2 aliphatic heterocycles. The molecule has 0 aromatic heterocycles. The van der Waals surface area contributed by atoms with Crippen LogP contribution in [0.1, 0.15) is 23.2 Å².